The Morgan fingerprint density at radius 1 is 1.24 bits per heavy atom. The normalized spacial score (nSPS) is 11.8. The van der Waals surface area contributed by atoms with Crippen LogP contribution in [0.25, 0.3) is 0 Å². The average Bonchev–Trinajstić information content (AvgIpc) is 2.45. The number of ether oxygens (including phenoxy) is 1. The van der Waals surface area contributed by atoms with Gasteiger partial charge in [0, 0.05) is 11.6 Å². The molecule has 21 heavy (non-hydrogen) atoms. The molecule has 0 saturated carbocycles. The molecule has 0 spiro atoms. The highest BCUT2D eigenvalue weighted by Crippen LogP contribution is 2.29. The summed E-state index contributed by atoms with van der Waals surface area (Å²) in [5, 5.41) is 12.0. The van der Waals surface area contributed by atoms with Crippen molar-refractivity contribution in [2.45, 2.75) is 6.04 Å². The predicted molar refractivity (Wildman–Crippen MR) is 73.4 cm³/mol. The van der Waals surface area contributed by atoms with Gasteiger partial charge in [0.15, 0.2) is 6.04 Å². The first-order valence-corrected chi connectivity index (χ1v) is 6.10. The lowest BCUT2D eigenvalue weighted by atomic mass is 10.1. The first kappa shape index (κ1) is 14.8. The Hall–Kier alpha value is -2.63. The Labute approximate surface area is 120 Å². The van der Waals surface area contributed by atoms with Crippen molar-refractivity contribution in [3.63, 3.8) is 0 Å². The molecule has 0 fully saturated rings. The number of carboxylic acid groups (broad SMARTS) is 1. The van der Waals surface area contributed by atoms with Crippen LogP contribution in [0.5, 0.6) is 5.75 Å². The number of carbonyl (C=O) groups is 1. The molecule has 110 valence electrons. The van der Waals surface area contributed by atoms with Gasteiger partial charge in [0.1, 0.15) is 17.4 Å². The van der Waals surface area contributed by atoms with Gasteiger partial charge in [0.25, 0.3) is 0 Å². The van der Waals surface area contributed by atoms with E-state index in [4.69, 9.17) is 4.74 Å². The van der Waals surface area contributed by atoms with Gasteiger partial charge in [-0.3, -0.25) is 0 Å². The number of methoxy groups -OCH3 is 1. The number of rotatable bonds is 5. The highest BCUT2D eigenvalue weighted by molar-refractivity contribution is 5.80. The maximum absolute atomic E-state index is 13.8. The third-order valence-corrected chi connectivity index (χ3v) is 2.93. The van der Waals surface area contributed by atoms with Crippen molar-refractivity contribution >= 4 is 11.7 Å². The van der Waals surface area contributed by atoms with Gasteiger partial charge in [-0.05, 0) is 18.2 Å². The van der Waals surface area contributed by atoms with Crippen LogP contribution < -0.4 is 10.1 Å². The van der Waals surface area contributed by atoms with E-state index in [-0.39, 0.29) is 5.56 Å². The van der Waals surface area contributed by atoms with Gasteiger partial charge in [0.05, 0.1) is 12.8 Å². The van der Waals surface area contributed by atoms with E-state index < -0.39 is 23.6 Å². The van der Waals surface area contributed by atoms with E-state index in [1.807, 2.05) is 0 Å². The van der Waals surface area contributed by atoms with E-state index >= 15 is 0 Å². The standard InChI is InChI=1S/C15H13F2NO3/c1-21-13-5-3-2-4-12(13)18-14(15(19)20)10-7-6-9(16)8-11(10)17/h2-8,14,18H,1H3,(H,19,20). The average molecular weight is 293 g/mol. The molecule has 6 heteroatoms. The zero-order valence-electron chi connectivity index (χ0n) is 11.1. The number of hydrogen-bond donors (Lipinski definition) is 2. The van der Waals surface area contributed by atoms with Gasteiger partial charge in [0.2, 0.25) is 0 Å². The number of nitrogens with one attached hydrogen (secondary N) is 1. The van der Waals surface area contributed by atoms with Crippen LogP contribution >= 0.6 is 0 Å². The summed E-state index contributed by atoms with van der Waals surface area (Å²) in [6, 6.07) is 8.06. The van der Waals surface area contributed by atoms with Gasteiger partial charge in [-0.15, -0.1) is 0 Å². The molecule has 4 nitrogen and oxygen atoms in total. The van der Waals surface area contributed by atoms with Crippen LogP contribution in [-0.4, -0.2) is 18.2 Å². The molecule has 0 amide bonds. The van der Waals surface area contributed by atoms with Crippen LogP contribution in [0.3, 0.4) is 0 Å². The smallest absolute Gasteiger partial charge is 0.330 e. The Morgan fingerprint density at radius 3 is 2.57 bits per heavy atom. The minimum absolute atomic E-state index is 0.158. The molecule has 0 aliphatic rings. The Balaban J connectivity index is 2.38. The monoisotopic (exact) mass is 293 g/mol. The molecule has 0 aliphatic heterocycles. The van der Waals surface area contributed by atoms with E-state index in [0.29, 0.717) is 17.5 Å². The first-order chi connectivity index (χ1) is 10.0. The zero-order chi connectivity index (χ0) is 15.4. The summed E-state index contributed by atoms with van der Waals surface area (Å²) in [5.74, 6) is -2.56. The van der Waals surface area contributed by atoms with Crippen LogP contribution in [0.1, 0.15) is 11.6 Å². The van der Waals surface area contributed by atoms with E-state index in [1.165, 1.54) is 7.11 Å². The van der Waals surface area contributed by atoms with Crippen molar-refractivity contribution in [1.82, 2.24) is 0 Å². The summed E-state index contributed by atoms with van der Waals surface area (Å²) in [6.07, 6.45) is 0. The van der Waals surface area contributed by atoms with E-state index in [2.05, 4.69) is 5.32 Å². The van der Waals surface area contributed by atoms with Crippen molar-refractivity contribution in [3.8, 4) is 5.75 Å². The fourth-order valence-electron chi connectivity index (χ4n) is 1.93. The summed E-state index contributed by atoms with van der Waals surface area (Å²) in [7, 11) is 1.44. The lowest BCUT2D eigenvalue weighted by Gasteiger charge is -2.18. The lowest BCUT2D eigenvalue weighted by molar-refractivity contribution is -0.138. The van der Waals surface area contributed by atoms with Gasteiger partial charge in [-0.25, -0.2) is 13.6 Å². The number of aliphatic carboxylic acids is 1. The largest absolute Gasteiger partial charge is 0.495 e. The zero-order valence-corrected chi connectivity index (χ0v) is 11.1. The van der Waals surface area contributed by atoms with Crippen LogP contribution in [0, 0.1) is 11.6 Å². The molecule has 0 aliphatic carbocycles. The van der Waals surface area contributed by atoms with E-state index in [0.717, 1.165) is 12.1 Å². The number of hydrogen-bond acceptors (Lipinski definition) is 3. The van der Waals surface area contributed by atoms with E-state index in [1.54, 1.807) is 24.3 Å². The molecule has 2 N–H and O–H groups in total. The molecule has 1 unspecified atom stereocenters. The summed E-state index contributed by atoms with van der Waals surface area (Å²) >= 11 is 0. The second kappa shape index (κ2) is 6.21. The topological polar surface area (TPSA) is 58.6 Å². The molecule has 2 aromatic carbocycles. The summed E-state index contributed by atoms with van der Waals surface area (Å²) in [6.45, 7) is 0. The van der Waals surface area contributed by atoms with Crippen molar-refractivity contribution < 1.29 is 23.4 Å². The Morgan fingerprint density at radius 2 is 1.95 bits per heavy atom. The lowest BCUT2D eigenvalue weighted by Crippen LogP contribution is -2.22. The molecule has 2 aromatic rings. The highest BCUT2D eigenvalue weighted by atomic mass is 19.1. The number of halogens is 2. The minimum atomic E-state index is -1.36. The number of para-hydroxylation sites is 2. The number of benzene rings is 2. The van der Waals surface area contributed by atoms with Gasteiger partial charge >= 0.3 is 5.97 Å². The van der Waals surface area contributed by atoms with Crippen LogP contribution in [0.15, 0.2) is 42.5 Å². The van der Waals surface area contributed by atoms with Crippen LogP contribution in [0.2, 0.25) is 0 Å². The molecular formula is C15H13F2NO3. The third-order valence-electron chi connectivity index (χ3n) is 2.93. The molecule has 2 rings (SSSR count). The summed E-state index contributed by atoms with van der Waals surface area (Å²) in [5.41, 5.74) is 0.242. The van der Waals surface area contributed by atoms with Gasteiger partial charge in [-0.1, -0.05) is 18.2 Å². The molecule has 0 radical (unpaired) electrons. The summed E-state index contributed by atoms with van der Waals surface area (Å²) < 4.78 is 31.8. The van der Waals surface area contributed by atoms with Crippen LogP contribution in [0.4, 0.5) is 14.5 Å². The second-order valence-electron chi connectivity index (χ2n) is 4.28. The van der Waals surface area contributed by atoms with E-state index in [9.17, 15) is 18.7 Å². The molecule has 0 bridgehead atoms. The Bertz CT molecular complexity index is 661. The second-order valence-corrected chi connectivity index (χ2v) is 4.28. The fourth-order valence-corrected chi connectivity index (χ4v) is 1.93. The summed E-state index contributed by atoms with van der Waals surface area (Å²) in [4.78, 5) is 11.4. The van der Waals surface area contributed by atoms with Crippen LogP contribution in [-0.2, 0) is 4.79 Å². The number of carboxylic acids is 1. The minimum Gasteiger partial charge on any atom is -0.495 e. The highest BCUT2D eigenvalue weighted by Gasteiger charge is 2.24. The van der Waals surface area contributed by atoms with Crippen molar-refractivity contribution in [2.24, 2.45) is 0 Å². The first-order valence-electron chi connectivity index (χ1n) is 6.10. The van der Waals surface area contributed by atoms with Crippen molar-refractivity contribution in [3.05, 3.63) is 59.7 Å². The molecular weight excluding hydrogens is 280 g/mol. The fraction of sp³-hybridized carbons (Fsp3) is 0.133. The SMILES string of the molecule is COc1ccccc1NC(C(=O)O)c1ccc(F)cc1F. The van der Waals surface area contributed by atoms with Crippen molar-refractivity contribution in [1.29, 1.82) is 0 Å². The number of anilines is 1. The maximum Gasteiger partial charge on any atom is 0.330 e. The maximum atomic E-state index is 13.8. The molecule has 0 heterocycles. The van der Waals surface area contributed by atoms with Gasteiger partial charge in [-0.2, -0.15) is 0 Å². The molecule has 1 atom stereocenters. The predicted octanol–water partition coefficient (Wildman–Crippen LogP) is 3.21. The Kier molecular flexibility index (Phi) is 4.37. The van der Waals surface area contributed by atoms with Gasteiger partial charge < -0.3 is 15.2 Å². The quantitative estimate of drug-likeness (QED) is 0.888. The molecule has 0 aromatic heterocycles. The van der Waals surface area contributed by atoms with Crippen molar-refractivity contribution in [2.75, 3.05) is 12.4 Å². The molecule has 0 saturated heterocycles. The third kappa shape index (κ3) is 3.28.